The summed E-state index contributed by atoms with van der Waals surface area (Å²) in [5, 5.41) is 13.2. The Hall–Kier alpha value is -2.48. The van der Waals surface area contributed by atoms with Crippen molar-refractivity contribution >= 4 is 11.9 Å². The van der Waals surface area contributed by atoms with E-state index in [-0.39, 0.29) is 36.4 Å². The minimum atomic E-state index is -0.588. The Bertz CT molecular complexity index is 711. The van der Waals surface area contributed by atoms with E-state index in [1.807, 2.05) is 24.3 Å². The van der Waals surface area contributed by atoms with Crippen molar-refractivity contribution in [3.05, 3.63) is 24.3 Å². The highest BCUT2D eigenvalue weighted by Crippen LogP contribution is 2.39. The Morgan fingerprint density at radius 3 is 2.46 bits per heavy atom. The number of para-hydroxylation sites is 2. The summed E-state index contributed by atoms with van der Waals surface area (Å²) < 4.78 is 11.4. The van der Waals surface area contributed by atoms with Crippen LogP contribution in [0.25, 0.3) is 0 Å². The normalized spacial score (nSPS) is 26.4. The molecule has 1 saturated heterocycles. The molecular formula is C20H29N3O5. The highest BCUT2D eigenvalue weighted by atomic mass is 16.5. The quantitative estimate of drug-likeness (QED) is 0.780. The molecule has 0 radical (unpaired) electrons. The van der Waals surface area contributed by atoms with Crippen LogP contribution in [0.15, 0.2) is 24.3 Å². The van der Waals surface area contributed by atoms with Gasteiger partial charge in [0.1, 0.15) is 6.10 Å². The number of carbonyl (C=O) groups is 2. The molecule has 1 aromatic carbocycles. The Morgan fingerprint density at radius 1 is 1.18 bits per heavy atom. The molecule has 3 rings (SSSR count). The number of hydrogen-bond acceptors (Lipinski definition) is 5. The van der Waals surface area contributed by atoms with Crippen molar-refractivity contribution in [2.45, 2.75) is 25.0 Å². The number of ether oxygens (including phenoxy) is 2. The lowest BCUT2D eigenvalue weighted by atomic mass is 9.78. The Kier molecular flexibility index (Phi) is 6.28. The summed E-state index contributed by atoms with van der Waals surface area (Å²) in [5.41, 5.74) is 0. The van der Waals surface area contributed by atoms with E-state index in [1.54, 1.807) is 26.1 Å². The minimum absolute atomic E-state index is 0.0137. The molecule has 1 aliphatic heterocycles. The fourth-order valence-corrected chi connectivity index (χ4v) is 4.02. The van der Waals surface area contributed by atoms with Gasteiger partial charge in [0.05, 0.1) is 19.8 Å². The summed E-state index contributed by atoms with van der Waals surface area (Å²) >= 11 is 0. The first-order chi connectivity index (χ1) is 13.4. The van der Waals surface area contributed by atoms with Crippen LogP contribution in [0.4, 0.5) is 4.79 Å². The monoisotopic (exact) mass is 391 g/mol. The highest BCUT2D eigenvalue weighted by Gasteiger charge is 2.44. The van der Waals surface area contributed by atoms with E-state index < -0.39 is 6.10 Å². The van der Waals surface area contributed by atoms with Gasteiger partial charge in [-0.25, -0.2) is 4.79 Å². The van der Waals surface area contributed by atoms with E-state index in [4.69, 9.17) is 9.47 Å². The molecule has 1 aromatic rings. The molecule has 0 bridgehead atoms. The number of nitrogens with one attached hydrogen (secondary N) is 1. The van der Waals surface area contributed by atoms with Crippen LogP contribution in [-0.2, 0) is 4.79 Å². The topological polar surface area (TPSA) is 91.3 Å². The molecule has 1 heterocycles. The number of nitrogens with zero attached hydrogens (tertiary/aromatic N) is 2. The van der Waals surface area contributed by atoms with Crippen molar-refractivity contribution in [1.82, 2.24) is 15.1 Å². The molecule has 1 saturated carbocycles. The molecule has 0 spiro atoms. The second-order valence-electron chi connectivity index (χ2n) is 7.72. The number of carbonyl (C=O) groups excluding carboxylic acids is 2. The number of aliphatic hydroxyl groups excluding tert-OH is 1. The Labute approximate surface area is 165 Å². The maximum absolute atomic E-state index is 12.4. The third-order valence-corrected chi connectivity index (χ3v) is 5.58. The number of hydrogen-bond donors (Lipinski definition) is 2. The number of aliphatic hydroxyl groups is 1. The van der Waals surface area contributed by atoms with Gasteiger partial charge in [0.25, 0.3) is 0 Å². The molecule has 8 nitrogen and oxygen atoms in total. The van der Waals surface area contributed by atoms with E-state index in [0.29, 0.717) is 37.4 Å². The smallest absolute Gasteiger partial charge is 0.317 e. The van der Waals surface area contributed by atoms with Gasteiger partial charge in [-0.2, -0.15) is 0 Å². The number of fused-ring (bicyclic) bond motifs is 1. The number of urea groups is 1. The molecule has 1 aliphatic carbocycles. The third kappa shape index (κ3) is 4.49. The van der Waals surface area contributed by atoms with Crippen LogP contribution in [0, 0.1) is 11.8 Å². The fourth-order valence-electron chi connectivity index (χ4n) is 4.02. The zero-order chi connectivity index (χ0) is 20.3. The van der Waals surface area contributed by atoms with Crippen LogP contribution in [-0.4, -0.2) is 79.9 Å². The van der Waals surface area contributed by atoms with Crippen molar-refractivity contribution in [2.75, 3.05) is 40.8 Å². The molecule has 3 amide bonds. The molecule has 28 heavy (non-hydrogen) atoms. The average molecular weight is 391 g/mol. The highest BCUT2D eigenvalue weighted by molar-refractivity contribution is 5.84. The number of rotatable bonds is 5. The van der Waals surface area contributed by atoms with Gasteiger partial charge in [0.2, 0.25) is 5.91 Å². The third-order valence-electron chi connectivity index (χ3n) is 5.58. The number of methoxy groups -OCH3 is 1. The summed E-state index contributed by atoms with van der Waals surface area (Å²) in [7, 11) is 4.85. The SMILES string of the molecule is COc1ccccc1O[C@@H]1C[C@@H]2CN(C(=O)CNC(=O)N(C)C)C[C@@H]2C[C@H]1O. The average Bonchev–Trinajstić information content (AvgIpc) is 3.09. The van der Waals surface area contributed by atoms with Gasteiger partial charge in [-0.1, -0.05) is 12.1 Å². The van der Waals surface area contributed by atoms with Gasteiger partial charge in [-0.05, 0) is 36.8 Å². The maximum atomic E-state index is 12.4. The van der Waals surface area contributed by atoms with Crippen molar-refractivity contribution in [1.29, 1.82) is 0 Å². The van der Waals surface area contributed by atoms with Crippen LogP contribution >= 0.6 is 0 Å². The van der Waals surface area contributed by atoms with Crippen molar-refractivity contribution < 1.29 is 24.2 Å². The molecule has 2 fully saturated rings. The lowest BCUT2D eigenvalue weighted by molar-refractivity contribution is -0.129. The lowest BCUT2D eigenvalue weighted by Crippen LogP contribution is -2.42. The standard InChI is InChI=1S/C20H29N3O5/c1-22(2)20(26)21-10-19(25)23-11-13-8-15(24)18(9-14(13)12-23)28-17-7-5-4-6-16(17)27-3/h4-7,13-15,18,24H,8-12H2,1-3H3,(H,21,26)/t13-,14+,15+,18+/m0/s1. The van der Waals surface area contributed by atoms with Gasteiger partial charge in [-0.3, -0.25) is 4.79 Å². The van der Waals surface area contributed by atoms with Crippen LogP contribution in [0.2, 0.25) is 0 Å². The molecule has 0 aromatic heterocycles. The first-order valence-electron chi connectivity index (χ1n) is 9.59. The van der Waals surface area contributed by atoms with Crippen molar-refractivity contribution in [3.63, 3.8) is 0 Å². The predicted molar refractivity (Wildman–Crippen MR) is 103 cm³/mol. The minimum Gasteiger partial charge on any atom is -0.493 e. The molecule has 0 unspecified atom stereocenters. The largest absolute Gasteiger partial charge is 0.493 e. The molecule has 4 atom stereocenters. The summed E-state index contributed by atoms with van der Waals surface area (Å²) in [4.78, 5) is 27.2. The first-order valence-corrected chi connectivity index (χ1v) is 9.59. The number of amides is 3. The second-order valence-corrected chi connectivity index (χ2v) is 7.72. The van der Waals surface area contributed by atoms with Crippen LogP contribution in [0.3, 0.4) is 0 Å². The van der Waals surface area contributed by atoms with Gasteiger partial charge in [0, 0.05) is 27.2 Å². The van der Waals surface area contributed by atoms with Gasteiger partial charge in [0.15, 0.2) is 11.5 Å². The summed E-state index contributed by atoms with van der Waals surface area (Å²) in [6.45, 7) is 1.22. The molecule has 154 valence electrons. The first kappa shape index (κ1) is 20.3. The van der Waals surface area contributed by atoms with E-state index >= 15 is 0 Å². The number of benzene rings is 1. The van der Waals surface area contributed by atoms with Crippen molar-refractivity contribution in [2.24, 2.45) is 11.8 Å². The lowest BCUT2D eigenvalue weighted by Gasteiger charge is -2.35. The van der Waals surface area contributed by atoms with Crippen molar-refractivity contribution in [3.8, 4) is 11.5 Å². The maximum Gasteiger partial charge on any atom is 0.317 e. The zero-order valence-corrected chi connectivity index (χ0v) is 16.6. The van der Waals surface area contributed by atoms with E-state index in [1.165, 1.54) is 4.90 Å². The molecule has 2 N–H and O–H groups in total. The zero-order valence-electron chi connectivity index (χ0n) is 16.6. The summed E-state index contributed by atoms with van der Waals surface area (Å²) in [5.74, 6) is 1.68. The van der Waals surface area contributed by atoms with Gasteiger partial charge < -0.3 is 29.7 Å². The predicted octanol–water partition coefficient (Wildman–Crippen LogP) is 0.943. The van der Waals surface area contributed by atoms with E-state index in [9.17, 15) is 14.7 Å². The summed E-state index contributed by atoms with van der Waals surface area (Å²) in [6, 6.07) is 7.11. The molecular weight excluding hydrogens is 362 g/mol. The van der Waals surface area contributed by atoms with E-state index in [2.05, 4.69) is 5.32 Å². The fraction of sp³-hybridized carbons (Fsp3) is 0.600. The Balaban J connectivity index is 1.57. The van der Waals surface area contributed by atoms with Gasteiger partial charge in [-0.15, -0.1) is 0 Å². The molecule has 8 heteroatoms. The van der Waals surface area contributed by atoms with Crippen LogP contribution < -0.4 is 14.8 Å². The van der Waals surface area contributed by atoms with Gasteiger partial charge >= 0.3 is 6.03 Å². The molecule has 2 aliphatic rings. The number of likely N-dealkylation sites (tertiary alicyclic amines) is 1. The second kappa shape index (κ2) is 8.68. The van der Waals surface area contributed by atoms with Crippen LogP contribution in [0.5, 0.6) is 11.5 Å². The van der Waals surface area contributed by atoms with Crippen LogP contribution in [0.1, 0.15) is 12.8 Å². The van der Waals surface area contributed by atoms with E-state index in [0.717, 1.165) is 0 Å². The summed E-state index contributed by atoms with van der Waals surface area (Å²) in [6.07, 6.45) is 0.353. The Morgan fingerprint density at radius 2 is 1.82 bits per heavy atom.